The van der Waals surface area contributed by atoms with Gasteiger partial charge in [-0.1, -0.05) is 12.1 Å². The van der Waals surface area contributed by atoms with E-state index in [9.17, 15) is 4.79 Å². The number of nitrogen functional groups attached to an aromatic ring is 1. The molecule has 0 spiro atoms. The number of nitrogens with zero attached hydrogens (tertiary/aromatic N) is 2. The van der Waals surface area contributed by atoms with Crippen molar-refractivity contribution in [3.05, 3.63) is 52.2 Å². The van der Waals surface area contributed by atoms with Crippen molar-refractivity contribution in [2.75, 3.05) is 5.73 Å². The molecule has 1 aromatic carbocycles. The number of halogens is 2. The molecule has 4 rings (SSSR count). The van der Waals surface area contributed by atoms with Gasteiger partial charge in [-0.05, 0) is 11.6 Å². The van der Waals surface area contributed by atoms with E-state index < -0.39 is 0 Å². The lowest BCUT2D eigenvalue weighted by Crippen LogP contribution is -2.13. The Morgan fingerprint density at radius 3 is 2.90 bits per heavy atom. The molecule has 0 bridgehead atoms. The fraction of sp³-hybridized carbons (Fsp3) is 0.0769. The topological polar surface area (TPSA) is 76.2 Å². The van der Waals surface area contributed by atoms with E-state index in [0.29, 0.717) is 5.65 Å². The third-order valence-corrected chi connectivity index (χ3v) is 3.49. The highest BCUT2D eigenvalue weighted by molar-refractivity contribution is 5.85. The molecule has 0 aliphatic heterocycles. The van der Waals surface area contributed by atoms with E-state index in [1.54, 1.807) is 6.20 Å². The quantitative estimate of drug-likeness (QED) is 0.488. The standard InChI is InChI=1S/C13H10N4O.2ClH/c14-9-3-1-2-7-8(9)6-10-11(7)16-13(18)12-15-4-5-17(10)12;;/h1-5H,6,14H2,(H,16,18);2*1H. The molecular formula is C13H12Cl2N4O. The van der Waals surface area contributed by atoms with Gasteiger partial charge < -0.3 is 10.7 Å². The van der Waals surface area contributed by atoms with Gasteiger partial charge in [-0.15, -0.1) is 24.8 Å². The first-order chi connectivity index (χ1) is 8.75. The Balaban J connectivity index is 0.000000735. The maximum atomic E-state index is 11.9. The fourth-order valence-electron chi connectivity index (χ4n) is 2.65. The molecule has 0 saturated carbocycles. The van der Waals surface area contributed by atoms with Crippen LogP contribution in [0.15, 0.2) is 35.4 Å². The molecule has 3 aromatic rings. The predicted molar refractivity (Wildman–Crippen MR) is 83.0 cm³/mol. The summed E-state index contributed by atoms with van der Waals surface area (Å²) < 4.78 is 1.84. The molecule has 0 amide bonds. The average molecular weight is 311 g/mol. The molecule has 1 aliphatic rings. The second kappa shape index (κ2) is 4.85. The van der Waals surface area contributed by atoms with Gasteiger partial charge in [0, 0.05) is 30.1 Å². The van der Waals surface area contributed by atoms with Gasteiger partial charge in [0.15, 0.2) is 0 Å². The van der Waals surface area contributed by atoms with E-state index in [2.05, 4.69) is 9.97 Å². The number of fused-ring (bicyclic) bond motifs is 5. The predicted octanol–water partition coefficient (Wildman–Crippen LogP) is 2.02. The number of nitrogens with one attached hydrogen (secondary N) is 1. The summed E-state index contributed by atoms with van der Waals surface area (Å²) in [5.74, 6) is 0. The third-order valence-electron chi connectivity index (χ3n) is 3.49. The number of hydrogen-bond acceptors (Lipinski definition) is 3. The number of aromatic amines is 1. The number of rotatable bonds is 0. The van der Waals surface area contributed by atoms with Crippen molar-refractivity contribution >= 4 is 36.1 Å². The lowest BCUT2D eigenvalue weighted by molar-refractivity contribution is 1.00. The van der Waals surface area contributed by atoms with Gasteiger partial charge in [0.05, 0.1) is 11.4 Å². The second-order valence-electron chi connectivity index (χ2n) is 4.45. The molecule has 2 heterocycles. The monoisotopic (exact) mass is 310 g/mol. The molecule has 0 saturated heterocycles. The molecule has 3 N–H and O–H groups in total. The Kier molecular flexibility index (Phi) is 3.50. The van der Waals surface area contributed by atoms with E-state index in [-0.39, 0.29) is 30.4 Å². The van der Waals surface area contributed by atoms with Crippen molar-refractivity contribution in [1.82, 2.24) is 14.4 Å². The normalized spacial score (nSPS) is 11.4. The maximum Gasteiger partial charge on any atom is 0.292 e. The maximum absolute atomic E-state index is 11.9. The summed E-state index contributed by atoms with van der Waals surface area (Å²) >= 11 is 0. The molecule has 0 radical (unpaired) electrons. The van der Waals surface area contributed by atoms with Gasteiger partial charge in [0.2, 0.25) is 5.65 Å². The number of imidazole rings is 1. The molecule has 104 valence electrons. The summed E-state index contributed by atoms with van der Waals surface area (Å²) in [6.07, 6.45) is 4.17. The van der Waals surface area contributed by atoms with Crippen LogP contribution in [0.25, 0.3) is 16.9 Å². The molecular weight excluding hydrogens is 299 g/mol. The van der Waals surface area contributed by atoms with Crippen LogP contribution in [0.3, 0.4) is 0 Å². The summed E-state index contributed by atoms with van der Waals surface area (Å²) in [6, 6.07) is 5.77. The first-order valence-corrected chi connectivity index (χ1v) is 5.71. The van der Waals surface area contributed by atoms with Crippen molar-refractivity contribution in [3.63, 3.8) is 0 Å². The zero-order valence-corrected chi connectivity index (χ0v) is 11.9. The lowest BCUT2D eigenvalue weighted by atomic mass is 10.1. The van der Waals surface area contributed by atoms with E-state index in [1.807, 2.05) is 28.8 Å². The van der Waals surface area contributed by atoms with Crippen molar-refractivity contribution in [3.8, 4) is 11.3 Å². The highest BCUT2D eigenvalue weighted by Gasteiger charge is 2.24. The number of aromatic nitrogens is 3. The van der Waals surface area contributed by atoms with Gasteiger partial charge in [0.1, 0.15) is 0 Å². The summed E-state index contributed by atoms with van der Waals surface area (Å²) in [5.41, 5.74) is 11.0. The third kappa shape index (κ3) is 1.71. The second-order valence-corrected chi connectivity index (χ2v) is 4.45. The van der Waals surface area contributed by atoms with Crippen LogP contribution in [0, 0.1) is 0 Å². The Labute approximate surface area is 126 Å². The Hall–Kier alpha value is -1.98. The smallest absolute Gasteiger partial charge is 0.292 e. The first-order valence-electron chi connectivity index (χ1n) is 5.71. The van der Waals surface area contributed by atoms with Crippen LogP contribution < -0.4 is 11.3 Å². The Bertz CT molecular complexity index is 853. The van der Waals surface area contributed by atoms with Crippen LogP contribution in [0.2, 0.25) is 0 Å². The summed E-state index contributed by atoms with van der Waals surface area (Å²) in [7, 11) is 0. The molecule has 5 nitrogen and oxygen atoms in total. The number of H-pyrrole nitrogens is 1. The van der Waals surface area contributed by atoms with E-state index in [0.717, 1.165) is 34.6 Å². The molecule has 2 aromatic heterocycles. The summed E-state index contributed by atoms with van der Waals surface area (Å²) in [5, 5.41) is 0. The average Bonchev–Trinajstić information content (AvgIpc) is 2.94. The molecule has 0 fully saturated rings. The number of benzene rings is 1. The molecule has 1 aliphatic carbocycles. The van der Waals surface area contributed by atoms with Crippen LogP contribution in [-0.2, 0) is 6.42 Å². The van der Waals surface area contributed by atoms with Crippen molar-refractivity contribution in [2.45, 2.75) is 6.42 Å². The van der Waals surface area contributed by atoms with Gasteiger partial charge in [-0.3, -0.25) is 9.20 Å². The zero-order chi connectivity index (χ0) is 12.3. The van der Waals surface area contributed by atoms with Crippen molar-refractivity contribution in [1.29, 1.82) is 0 Å². The Morgan fingerprint density at radius 2 is 2.10 bits per heavy atom. The van der Waals surface area contributed by atoms with Gasteiger partial charge >= 0.3 is 0 Å². The molecule has 7 heteroatoms. The van der Waals surface area contributed by atoms with Gasteiger partial charge in [-0.25, -0.2) is 4.98 Å². The zero-order valence-electron chi connectivity index (χ0n) is 10.3. The lowest BCUT2D eigenvalue weighted by Gasteiger charge is -2.03. The van der Waals surface area contributed by atoms with Gasteiger partial charge in [-0.2, -0.15) is 0 Å². The van der Waals surface area contributed by atoms with Crippen molar-refractivity contribution < 1.29 is 0 Å². The summed E-state index contributed by atoms with van der Waals surface area (Å²) in [4.78, 5) is 18.9. The van der Waals surface area contributed by atoms with Crippen LogP contribution in [0.1, 0.15) is 11.3 Å². The summed E-state index contributed by atoms with van der Waals surface area (Å²) in [6.45, 7) is 0. The minimum Gasteiger partial charge on any atom is -0.398 e. The van der Waals surface area contributed by atoms with Gasteiger partial charge in [0.25, 0.3) is 5.56 Å². The highest BCUT2D eigenvalue weighted by Crippen LogP contribution is 2.37. The van der Waals surface area contributed by atoms with Crippen LogP contribution in [-0.4, -0.2) is 14.4 Å². The molecule has 20 heavy (non-hydrogen) atoms. The highest BCUT2D eigenvalue weighted by atomic mass is 35.5. The van der Waals surface area contributed by atoms with E-state index in [1.165, 1.54) is 0 Å². The van der Waals surface area contributed by atoms with Crippen LogP contribution in [0.5, 0.6) is 0 Å². The molecule has 0 atom stereocenters. The van der Waals surface area contributed by atoms with E-state index >= 15 is 0 Å². The van der Waals surface area contributed by atoms with Crippen LogP contribution >= 0.6 is 24.8 Å². The Morgan fingerprint density at radius 1 is 1.30 bits per heavy atom. The fourth-order valence-corrected chi connectivity index (χ4v) is 2.65. The minimum atomic E-state index is -0.172. The minimum absolute atomic E-state index is 0. The van der Waals surface area contributed by atoms with E-state index in [4.69, 9.17) is 5.73 Å². The number of anilines is 1. The number of nitrogens with two attached hydrogens (primary N) is 1. The first kappa shape index (κ1) is 14.4. The molecule has 0 unspecified atom stereocenters. The van der Waals surface area contributed by atoms with Crippen LogP contribution in [0.4, 0.5) is 5.69 Å². The van der Waals surface area contributed by atoms with Crippen molar-refractivity contribution in [2.24, 2.45) is 0 Å². The SMILES string of the molecule is Cl.Cl.Nc1cccc2c1Cc1c-2[nH]c(=O)c2nccn12. The largest absolute Gasteiger partial charge is 0.398 e. The number of hydrogen-bond donors (Lipinski definition) is 2.